The fourth-order valence-electron chi connectivity index (χ4n) is 7.21. The van der Waals surface area contributed by atoms with Crippen LogP contribution in [0.3, 0.4) is 0 Å². The Balaban J connectivity index is 0.000000515. The molecule has 0 unspecified atom stereocenters. The predicted octanol–water partition coefficient (Wildman–Crippen LogP) is 14.1. The van der Waals surface area contributed by atoms with E-state index in [1.54, 1.807) is 6.08 Å². The van der Waals surface area contributed by atoms with E-state index in [1.807, 2.05) is 31.2 Å². The summed E-state index contributed by atoms with van der Waals surface area (Å²) >= 11 is 0. The van der Waals surface area contributed by atoms with Gasteiger partial charge in [0.1, 0.15) is 11.3 Å². The average molecular weight is 684 g/mol. The monoisotopic (exact) mass is 683 g/mol. The lowest BCUT2D eigenvalue weighted by molar-refractivity contribution is 0.603. The largest absolute Gasteiger partial charge is 0.456 e. The topological polar surface area (TPSA) is 18.1 Å². The summed E-state index contributed by atoms with van der Waals surface area (Å²) in [7, 11) is 0. The third-order valence-electron chi connectivity index (χ3n) is 9.88. The number of aromatic nitrogens is 1. The summed E-state index contributed by atoms with van der Waals surface area (Å²) < 4.78 is 8.36. The van der Waals surface area contributed by atoms with Gasteiger partial charge in [-0.2, -0.15) is 0 Å². The van der Waals surface area contributed by atoms with Crippen molar-refractivity contribution in [3.05, 3.63) is 211 Å². The van der Waals surface area contributed by atoms with Crippen LogP contribution in [0.4, 0.5) is 0 Å². The lowest BCUT2D eigenvalue weighted by Gasteiger charge is -2.09. The molecular weight excluding hydrogens is 643 g/mol. The van der Waals surface area contributed by atoms with Crippen molar-refractivity contribution < 1.29 is 4.42 Å². The highest BCUT2D eigenvalue weighted by Gasteiger charge is 2.14. The maximum Gasteiger partial charge on any atom is 0.135 e. The van der Waals surface area contributed by atoms with E-state index in [9.17, 15) is 0 Å². The minimum atomic E-state index is 0.808. The first-order chi connectivity index (χ1) is 26.1. The van der Waals surface area contributed by atoms with Gasteiger partial charge in [-0.15, -0.1) is 0 Å². The minimum absolute atomic E-state index is 0.808. The molecule has 0 amide bonds. The van der Waals surface area contributed by atoms with Crippen LogP contribution in [0, 0.1) is 6.92 Å². The standard InChI is InChI=1S/C44H33NO.C7H8/c1-3-10-38-40-29-35(24-26-44(40)46-43(38)4-2)33-21-17-31(18-22-33)27-30-15-19-32(20-16-30)34-23-25-42-39(28-34)37-13-8-9-14-41(37)45(42)36-11-6-5-7-12-36;1-7-5-3-2-4-6-7/h3-26,28-29H,2,27H2,1H3;2-6H,1H3/b10-3-;. The van der Waals surface area contributed by atoms with Gasteiger partial charge in [-0.05, 0) is 102 Å². The number of nitrogens with zero attached hydrogens (tertiary/aromatic N) is 1. The molecule has 2 heteroatoms. The molecule has 0 spiro atoms. The molecule has 2 aromatic heterocycles. The van der Waals surface area contributed by atoms with Crippen LogP contribution in [0.5, 0.6) is 0 Å². The van der Waals surface area contributed by atoms with Crippen molar-refractivity contribution in [1.29, 1.82) is 0 Å². The molecule has 256 valence electrons. The highest BCUT2D eigenvalue weighted by molar-refractivity contribution is 6.10. The molecule has 0 N–H and O–H groups in total. The van der Waals surface area contributed by atoms with Gasteiger partial charge in [-0.25, -0.2) is 0 Å². The van der Waals surface area contributed by atoms with Gasteiger partial charge >= 0.3 is 0 Å². The predicted molar refractivity (Wildman–Crippen MR) is 227 cm³/mol. The zero-order valence-corrected chi connectivity index (χ0v) is 30.2. The number of fused-ring (bicyclic) bond motifs is 4. The normalized spacial score (nSPS) is 11.3. The number of hydrogen-bond acceptors (Lipinski definition) is 1. The van der Waals surface area contributed by atoms with Gasteiger partial charge in [0, 0.05) is 27.4 Å². The lowest BCUT2D eigenvalue weighted by atomic mass is 9.97. The van der Waals surface area contributed by atoms with Gasteiger partial charge in [-0.1, -0.05) is 152 Å². The molecule has 53 heavy (non-hydrogen) atoms. The Morgan fingerprint density at radius 1 is 0.547 bits per heavy atom. The summed E-state index contributed by atoms with van der Waals surface area (Å²) in [5.41, 5.74) is 14.3. The van der Waals surface area contributed by atoms with Gasteiger partial charge in [0.15, 0.2) is 0 Å². The Labute approximate surface area is 311 Å². The number of para-hydroxylation sites is 2. The number of rotatable bonds is 7. The molecule has 0 saturated heterocycles. The van der Waals surface area contributed by atoms with E-state index in [0.29, 0.717) is 0 Å². The number of hydrogen-bond donors (Lipinski definition) is 0. The summed E-state index contributed by atoms with van der Waals surface area (Å²) in [5.74, 6) is 0.808. The first-order valence-electron chi connectivity index (χ1n) is 18.2. The van der Waals surface area contributed by atoms with E-state index in [0.717, 1.165) is 28.7 Å². The maximum atomic E-state index is 6.00. The second-order valence-corrected chi connectivity index (χ2v) is 13.4. The second kappa shape index (κ2) is 14.9. The molecule has 0 aliphatic heterocycles. The van der Waals surface area contributed by atoms with E-state index in [4.69, 9.17) is 4.42 Å². The number of aryl methyl sites for hydroxylation is 1. The first-order valence-corrected chi connectivity index (χ1v) is 18.2. The van der Waals surface area contributed by atoms with Crippen molar-refractivity contribution in [1.82, 2.24) is 4.57 Å². The summed E-state index contributed by atoms with van der Waals surface area (Å²) in [6.45, 7) is 8.02. The van der Waals surface area contributed by atoms with Gasteiger partial charge in [0.05, 0.1) is 11.0 Å². The molecule has 0 saturated carbocycles. The molecule has 0 bridgehead atoms. The molecule has 0 radical (unpaired) electrons. The van der Waals surface area contributed by atoms with Gasteiger partial charge in [-0.3, -0.25) is 0 Å². The molecule has 0 atom stereocenters. The summed E-state index contributed by atoms with van der Waals surface area (Å²) in [5, 5.41) is 3.65. The number of allylic oxidation sites excluding steroid dienone is 1. The zero-order valence-electron chi connectivity index (χ0n) is 30.2. The van der Waals surface area contributed by atoms with Gasteiger partial charge < -0.3 is 8.98 Å². The zero-order chi connectivity index (χ0) is 36.1. The van der Waals surface area contributed by atoms with Crippen LogP contribution in [0.1, 0.15) is 34.9 Å². The Hall–Kier alpha value is -6.64. The molecule has 0 aliphatic rings. The fraction of sp³-hybridized carbons (Fsp3) is 0.0588. The van der Waals surface area contributed by atoms with Crippen LogP contribution >= 0.6 is 0 Å². The van der Waals surface area contributed by atoms with Crippen LogP contribution < -0.4 is 0 Å². The molecule has 2 heterocycles. The third-order valence-corrected chi connectivity index (χ3v) is 9.88. The molecule has 7 aromatic carbocycles. The Bertz CT molecular complexity index is 2690. The van der Waals surface area contributed by atoms with Crippen molar-refractivity contribution in [2.24, 2.45) is 0 Å². The SMILES string of the molecule is C=Cc1oc2ccc(-c3ccc(Cc4ccc(-c5ccc6c(c5)c5ccccc5n6-c5ccccc5)cc4)cc3)cc2c1/C=C\C.Cc1ccccc1. The van der Waals surface area contributed by atoms with Crippen molar-refractivity contribution in [2.45, 2.75) is 20.3 Å². The summed E-state index contributed by atoms with van der Waals surface area (Å²) in [6, 6.07) is 60.7. The maximum absolute atomic E-state index is 6.00. The van der Waals surface area contributed by atoms with Crippen LogP contribution in [0.15, 0.2) is 187 Å². The lowest BCUT2D eigenvalue weighted by Crippen LogP contribution is -1.92. The van der Waals surface area contributed by atoms with Crippen LogP contribution in [0.2, 0.25) is 0 Å². The Morgan fingerprint density at radius 3 is 1.70 bits per heavy atom. The molecule has 9 rings (SSSR count). The van der Waals surface area contributed by atoms with Crippen LogP contribution in [0.25, 0.3) is 72.9 Å². The number of furan rings is 1. The number of benzene rings is 7. The van der Waals surface area contributed by atoms with E-state index in [2.05, 4.69) is 176 Å². The van der Waals surface area contributed by atoms with Crippen molar-refractivity contribution in [2.75, 3.05) is 0 Å². The Kier molecular flexibility index (Phi) is 9.43. The smallest absolute Gasteiger partial charge is 0.135 e. The van der Waals surface area contributed by atoms with E-state index in [-0.39, 0.29) is 0 Å². The third kappa shape index (κ3) is 6.88. The van der Waals surface area contributed by atoms with E-state index >= 15 is 0 Å². The highest BCUT2D eigenvalue weighted by atomic mass is 16.3. The summed E-state index contributed by atoms with van der Waals surface area (Å²) in [4.78, 5) is 0. The molecule has 0 fully saturated rings. The molecule has 2 nitrogen and oxygen atoms in total. The second-order valence-electron chi connectivity index (χ2n) is 13.4. The van der Waals surface area contributed by atoms with Gasteiger partial charge in [0.25, 0.3) is 0 Å². The quantitative estimate of drug-likeness (QED) is 0.164. The molecule has 0 aliphatic carbocycles. The van der Waals surface area contributed by atoms with Crippen molar-refractivity contribution in [3.8, 4) is 27.9 Å². The Morgan fingerprint density at radius 2 is 1.09 bits per heavy atom. The first kappa shape index (κ1) is 33.5. The van der Waals surface area contributed by atoms with E-state index in [1.165, 1.54) is 66.4 Å². The van der Waals surface area contributed by atoms with E-state index < -0.39 is 0 Å². The molecule has 9 aromatic rings. The minimum Gasteiger partial charge on any atom is -0.456 e. The van der Waals surface area contributed by atoms with Crippen LogP contribution in [-0.4, -0.2) is 4.57 Å². The van der Waals surface area contributed by atoms with Crippen LogP contribution in [-0.2, 0) is 6.42 Å². The van der Waals surface area contributed by atoms with Crippen molar-refractivity contribution in [3.63, 3.8) is 0 Å². The highest BCUT2D eigenvalue weighted by Crippen LogP contribution is 2.36. The van der Waals surface area contributed by atoms with Gasteiger partial charge in [0.2, 0.25) is 0 Å². The fourth-order valence-corrected chi connectivity index (χ4v) is 7.21. The molecular formula is C51H41NO. The van der Waals surface area contributed by atoms with Crippen molar-refractivity contribution >= 4 is 44.9 Å². The summed E-state index contributed by atoms with van der Waals surface area (Å²) in [6.07, 6.45) is 6.79. The average Bonchev–Trinajstić information content (AvgIpc) is 3.74.